The fourth-order valence-corrected chi connectivity index (χ4v) is 3.53. The Morgan fingerprint density at radius 1 is 0.612 bits per heavy atom. The van der Waals surface area contributed by atoms with Crippen molar-refractivity contribution in [3.63, 3.8) is 0 Å². The van der Waals surface area contributed by atoms with Crippen molar-refractivity contribution in [3.8, 4) is 0 Å². The molecule has 0 aliphatic heterocycles. The van der Waals surface area contributed by atoms with E-state index < -0.39 is 0 Å². The molecule has 21 heteroatoms. The van der Waals surface area contributed by atoms with Crippen LogP contribution in [0.2, 0.25) is 0 Å². The molecule has 5 radical (unpaired) electrons. The number of nitrogen functional groups attached to an aromatic ring is 1. The van der Waals surface area contributed by atoms with Crippen LogP contribution in [0.3, 0.4) is 0 Å². The Morgan fingerprint density at radius 2 is 1.06 bits per heavy atom. The number of aromatic nitrogens is 8. The van der Waals surface area contributed by atoms with Crippen LogP contribution in [0.4, 0.5) is 5.82 Å². The average Bonchev–Trinajstić information content (AvgIpc) is 3.91. The van der Waals surface area contributed by atoms with Gasteiger partial charge in [0.2, 0.25) is 0 Å². The Bertz CT molecular complexity index is 2070. The number of imidazole rings is 3. The summed E-state index contributed by atoms with van der Waals surface area (Å²) in [5.74, 6) is 0.701. The van der Waals surface area contributed by atoms with E-state index in [1.165, 1.54) is 0 Å². The molecular weight excluding hydrogens is 2070 g/mol. The third-order valence-corrected chi connectivity index (χ3v) is 6.19. The number of fused-ring (bicyclic) bond motifs is 3. The van der Waals surface area contributed by atoms with Crippen molar-refractivity contribution < 1.29 is 278 Å². The molecule has 0 aliphatic rings. The zero-order valence-electron chi connectivity index (χ0n) is 40.4. The topological polar surface area (TPSA) is 138 Å². The van der Waals surface area contributed by atoms with Gasteiger partial charge in [-0.15, -0.1) is 0 Å². The van der Waals surface area contributed by atoms with Gasteiger partial charge in [-0.1, -0.05) is 50.5 Å². The van der Waals surface area contributed by atoms with E-state index in [1.54, 1.807) is 37.6 Å². The molecule has 8 rings (SSSR count). The molecule has 347 valence electrons. The summed E-state index contributed by atoms with van der Waals surface area (Å²) in [5, 5.41) is 0. The number of ketones is 1. The van der Waals surface area contributed by atoms with Gasteiger partial charge in [0.1, 0.15) is 12.1 Å². The Kier molecular flexibility index (Phi) is 108. The van der Waals surface area contributed by atoms with Crippen molar-refractivity contribution in [2.45, 2.75) is 54.4 Å². The maximum absolute atomic E-state index is 9.81. The second-order valence-electron chi connectivity index (χ2n) is 10.5. The molecule has 0 spiro atoms. The molecule has 8 aromatic rings. The number of aryl methyl sites for hydroxylation is 3. The van der Waals surface area contributed by atoms with Crippen LogP contribution in [-0.4, -0.2) is 50.2 Å². The molecule has 0 aromatic carbocycles. The third-order valence-electron chi connectivity index (χ3n) is 6.19. The van der Waals surface area contributed by atoms with Gasteiger partial charge < -0.3 is 70.6 Å². The number of pyridine rings is 5. The normalized spacial score (nSPS) is 7.25. The second kappa shape index (κ2) is 68.5. The zero-order valence-corrected chi connectivity index (χ0v) is 69.2. The molecule has 11 nitrogen and oxygen atoms in total. The molecule has 0 saturated heterocycles. The van der Waals surface area contributed by atoms with Crippen molar-refractivity contribution in [1.29, 1.82) is 0 Å². The first-order valence-corrected chi connectivity index (χ1v) is 16.4. The van der Waals surface area contributed by atoms with Crippen LogP contribution in [0, 0.1) is 88.2 Å². The van der Waals surface area contributed by atoms with Gasteiger partial charge in [0.25, 0.3) is 0 Å². The molecule has 0 atom stereocenters. The van der Waals surface area contributed by atoms with E-state index in [4.69, 9.17) is 5.73 Å². The predicted molar refractivity (Wildman–Crippen MR) is 236 cm³/mol. The van der Waals surface area contributed by atoms with E-state index >= 15 is 0 Å². The molecule has 0 unspecified atom stereocenters. The fourth-order valence-electron chi connectivity index (χ4n) is 3.53. The number of anilines is 1. The monoisotopic (exact) mass is 2130 g/mol. The van der Waals surface area contributed by atoms with Crippen molar-refractivity contribution in [3.05, 3.63) is 201 Å². The van der Waals surface area contributed by atoms with E-state index in [-0.39, 0.29) is 312 Å². The van der Waals surface area contributed by atoms with E-state index in [1.807, 2.05) is 134 Å². The van der Waals surface area contributed by atoms with Crippen LogP contribution in [0.15, 0.2) is 116 Å². The van der Waals surface area contributed by atoms with Gasteiger partial charge in [-0.2, -0.15) is 30.3 Å². The van der Waals surface area contributed by atoms with Crippen molar-refractivity contribution in [1.82, 2.24) is 38.1 Å². The summed E-state index contributed by atoms with van der Waals surface area (Å²) in [6, 6.07) is 33.2. The van der Waals surface area contributed by atoms with Crippen LogP contribution < -0.4 is 5.73 Å². The minimum atomic E-state index is 0. The minimum Gasteiger partial charge on any atom is -0.399 e. The molecule has 67 heavy (non-hydrogen) atoms. The molecule has 2 N–H and O–H groups in total. The third kappa shape index (κ3) is 50.4. The molecular formula is C46H59N9O2W5Y5-2. The first kappa shape index (κ1) is 106. The summed E-state index contributed by atoms with van der Waals surface area (Å²) in [7, 11) is 0. The van der Waals surface area contributed by atoms with Gasteiger partial charge in [-0.05, 0) is 27.7 Å². The smallest absolute Gasteiger partial charge is 0.399 e. The van der Waals surface area contributed by atoms with Crippen LogP contribution in [0.1, 0.15) is 50.7 Å². The zero-order chi connectivity index (χ0) is 38.0. The Hall–Kier alpha value is 2.47. The largest absolute Gasteiger partial charge is 2.00 e. The second-order valence-corrected chi connectivity index (χ2v) is 10.5. The number of rotatable bonds is 2. The van der Waals surface area contributed by atoms with Crippen molar-refractivity contribution >= 4 is 34.8 Å². The molecule has 0 bridgehead atoms. The quantitative estimate of drug-likeness (QED) is 0.134. The number of Topliss-reactive ketones (excluding diaryl/α,β-unsaturated/α-hetero) is 1. The van der Waals surface area contributed by atoms with E-state index in [2.05, 4.69) is 55.3 Å². The van der Waals surface area contributed by atoms with Crippen molar-refractivity contribution in [2.24, 2.45) is 0 Å². The number of hydrogen-bond acceptors (Lipinski definition) is 8. The maximum atomic E-state index is 9.81. The van der Waals surface area contributed by atoms with Crippen molar-refractivity contribution in [2.75, 3.05) is 5.73 Å². The van der Waals surface area contributed by atoms with E-state index in [9.17, 15) is 9.59 Å². The maximum Gasteiger partial charge on any atom is 2.00 e. The Morgan fingerprint density at radius 3 is 1.42 bits per heavy atom. The SMILES string of the molecule is CCC(C)=O.CCC=O.Cc1[c-]cccn1.Cc1cn2ccc[c-]c2n1.Cc1cnc2[c-]cccn12.Nc1[c-]cccn1.[CH3-].[CH3-].[CH3-].[CH3-].[CH3-].[W+2].[W+2].[W+2].[W+2].[W].[Y].[Y].[Y].[Y].[Y].[c-]1cccn2ccnc12. The van der Waals surface area contributed by atoms with E-state index in [0.29, 0.717) is 18.7 Å². The number of nitrogens with zero attached hydrogens (tertiary/aromatic N) is 8. The first-order chi connectivity index (χ1) is 25.2. The molecule has 8 heterocycles. The number of nitrogens with two attached hydrogens (primary N) is 1. The number of aldehydes is 1. The van der Waals surface area contributed by atoms with Gasteiger partial charge in [-0.25, -0.2) is 60.7 Å². The number of carbonyl (C=O) groups is 2. The standard InChI is InChI=1S/2C8H7N2.C7H5N2.C6H6N.C5H5N2.C4H8O.C3H6O.5CH3.5W.5Y/c1-7-6-10-5-3-2-4-8(10)9-7;1-7-6-9-8-4-2-3-5-10(7)8;1-2-5-9-6-4-8-7(9)3-1;1-6-4-2-3-5-7-6;6-5-3-1-2-4-7-5;1-3-4(2)5;1-2-3-4;;;;;;;;;;;;;;;/h2*2-3,5-6H,1H3;1-2,4-6H;2-3,5H,1H3;1-2,4H,(H2,6,7);3H2,1-2H3;3H,2H2,1H3;5*1H3;;;;;;;;;;/q5*-1;;;5*-1;;4*+2;;;;;. The Labute approximate surface area is 601 Å². The summed E-state index contributed by atoms with van der Waals surface area (Å²) >= 11 is 0. The summed E-state index contributed by atoms with van der Waals surface area (Å²) in [4.78, 5) is 39.0. The van der Waals surface area contributed by atoms with Crippen LogP contribution >= 0.6 is 0 Å². The molecule has 0 saturated carbocycles. The summed E-state index contributed by atoms with van der Waals surface area (Å²) in [6.07, 6.45) is 18.9. The predicted octanol–water partition coefficient (Wildman–Crippen LogP) is 9.48. The van der Waals surface area contributed by atoms with Gasteiger partial charge in [0, 0.05) is 251 Å². The Balaban J connectivity index is -0.0000000399. The van der Waals surface area contributed by atoms with Crippen LogP contribution in [-0.2, 0) is 278 Å². The van der Waals surface area contributed by atoms with Gasteiger partial charge in [0.15, 0.2) is 0 Å². The number of hydrogen-bond donors (Lipinski definition) is 1. The molecule has 0 fully saturated rings. The fraction of sp³-hybridized carbons (Fsp3) is 0.174. The van der Waals surface area contributed by atoms with Crippen LogP contribution in [0.25, 0.3) is 16.9 Å². The van der Waals surface area contributed by atoms with E-state index in [0.717, 1.165) is 40.3 Å². The first-order valence-electron chi connectivity index (χ1n) is 16.4. The average molecular weight is 2130 g/mol. The summed E-state index contributed by atoms with van der Waals surface area (Å²) < 4.78 is 5.87. The molecule has 8 aromatic heterocycles. The summed E-state index contributed by atoms with van der Waals surface area (Å²) in [6.45, 7) is 11.2. The minimum absolute atomic E-state index is 0. The summed E-state index contributed by atoms with van der Waals surface area (Å²) in [5.41, 5.74) is 11.0. The van der Waals surface area contributed by atoms with Gasteiger partial charge >= 0.3 is 84.3 Å². The number of carbonyl (C=O) groups excluding carboxylic acids is 2. The van der Waals surface area contributed by atoms with Crippen LogP contribution in [0.5, 0.6) is 0 Å². The van der Waals surface area contributed by atoms with Gasteiger partial charge in [-0.3, -0.25) is 19.9 Å². The van der Waals surface area contributed by atoms with Gasteiger partial charge in [0.05, 0.1) is 5.69 Å². The molecule has 0 amide bonds. The molecule has 0 aliphatic carbocycles.